The maximum atomic E-state index is 11.7. The molecule has 0 saturated heterocycles. The number of halogens is 1. The van der Waals surface area contributed by atoms with E-state index in [2.05, 4.69) is 0 Å². The predicted molar refractivity (Wildman–Crippen MR) is 55.3 cm³/mol. The van der Waals surface area contributed by atoms with Crippen LogP contribution >= 0.6 is 11.6 Å². The van der Waals surface area contributed by atoms with E-state index in [4.69, 9.17) is 16.9 Å². The van der Waals surface area contributed by atoms with Crippen molar-refractivity contribution < 1.29 is 4.79 Å². The summed E-state index contributed by atoms with van der Waals surface area (Å²) in [5.41, 5.74) is 1.27. The summed E-state index contributed by atoms with van der Waals surface area (Å²) in [5, 5.41) is 9.18. The number of nitriles is 1. The fourth-order valence-electron chi connectivity index (χ4n) is 1.17. The first kappa shape index (κ1) is 10.7. The van der Waals surface area contributed by atoms with Crippen molar-refractivity contribution in [2.45, 2.75) is 13.8 Å². The molecule has 0 aliphatic rings. The zero-order valence-corrected chi connectivity index (χ0v) is 8.80. The Morgan fingerprint density at radius 3 is 2.79 bits per heavy atom. The van der Waals surface area contributed by atoms with Crippen molar-refractivity contribution in [1.29, 1.82) is 5.26 Å². The van der Waals surface area contributed by atoms with Gasteiger partial charge in [-0.3, -0.25) is 4.79 Å². The van der Waals surface area contributed by atoms with E-state index in [1.54, 1.807) is 32.0 Å². The van der Waals surface area contributed by atoms with Crippen molar-refractivity contribution in [3.05, 3.63) is 34.3 Å². The molecule has 1 aromatic carbocycles. The maximum absolute atomic E-state index is 11.7. The molecule has 0 bridgehead atoms. The molecule has 1 rings (SSSR count). The highest BCUT2D eigenvalue weighted by molar-refractivity contribution is 6.31. The molecular formula is C11H10ClNO. The lowest BCUT2D eigenvalue weighted by Gasteiger charge is -2.06. The Morgan fingerprint density at radius 1 is 1.57 bits per heavy atom. The third-order valence-corrected chi connectivity index (χ3v) is 2.53. The number of rotatable bonds is 2. The van der Waals surface area contributed by atoms with E-state index >= 15 is 0 Å². The van der Waals surface area contributed by atoms with Gasteiger partial charge in [0.05, 0.1) is 6.07 Å². The van der Waals surface area contributed by atoms with E-state index < -0.39 is 5.92 Å². The number of benzene rings is 1. The van der Waals surface area contributed by atoms with Gasteiger partial charge in [0.25, 0.3) is 0 Å². The van der Waals surface area contributed by atoms with Gasteiger partial charge in [0, 0.05) is 10.6 Å². The minimum absolute atomic E-state index is 0.174. The zero-order chi connectivity index (χ0) is 10.7. The summed E-state index contributed by atoms with van der Waals surface area (Å²) < 4.78 is 0. The van der Waals surface area contributed by atoms with Gasteiger partial charge < -0.3 is 0 Å². The Labute approximate surface area is 88.1 Å². The van der Waals surface area contributed by atoms with Crippen LogP contribution in [-0.4, -0.2) is 5.78 Å². The van der Waals surface area contributed by atoms with Gasteiger partial charge in [0.15, 0.2) is 5.78 Å². The number of hydrogen-bond donors (Lipinski definition) is 0. The van der Waals surface area contributed by atoms with Crippen LogP contribution in [0.5, 0.6) is 0 Å². The van der Waals surface area contributed by atoms with Crippen LogP contribution in [0.25, 0.3) is 0 Å². The monoisotopic (exact) mass is 207 g/mol. The molecule has 0 heterocycles. The smallest absolute Gasteiger partial charge is 0.180 e. The molecule has 72 valence electrons. The summed E-state index contributed by atoms with van der Waals surface area (Å²) >= 11 is 5.87. The molecule has 0 aliphatic carbocycles. The van der Waals surface area contributed by atoms with Gasteiger partial charge in [-0.05, 0) is 25.5 Å². The highest BCUT2D eigenvalue weighted by Crippen LogP contribution is 2.21. The molecule has 1 unspecified atom stereocenters. The standard InChI is InChI=1S/C11H10ClNO/c1-7(6-13)11(14)9-4-3-5-10(12)8(9)2/h3-5,7H,1-2H3. The molecule has 3 heteroatoms. The van der Waals surface area contributed by atoms with Gasteiger partial charge in [0.1, 0.15) is 5.92 Å². The second-order valence-corrected chi connectivity index (χ2v) is 3.53. The Kier molecular flexibility index (Phi) is 3.27. The number of nitrogens with zero attached hydrogens (tertiary/aromatic N) is 1. The minimum atomic E-state index is -0.618. The van der Waals surface area contributed by atoms with Crippen molar-refractivity contribution in [3.63, 3.8) is 0 Å². The molecular weight excluding hydrogens is 198 g/mol. The third-order valence-electron chi connectivity index (χ3n) is 2.12. The molecule has 0 N–H and O–H groups in total. The molecule has 0 saturated carbocycles. The van der Waals surface area contributed by atoms with E-state index in [0.717, 1.165) is 5.56 Å². The lowest BCUT2D eigenvalue weighted by atomic mass is 9.97. The first-order valence-corrected chi connectivity index (χ1v) is 4.64. The molecule has 1 atom stereocenters. The van der Waals surface area contributed by atoms with Crippen LogP contribution in [0.4, 0.5) is 0 Å². The maximum Gasteiger partial charge on any atom is 0.180 e. The van der Waals surface area contributed by atoms with Crippen LogP contribution in [0.3, 0.4) is 0 Å². The number of hydrogen-bond acceptors (Lipinski definition) is 2. The Hall–Kier alpha value is -1.33. The van der Waals surface area contributed by atoms with Crippen LogP contribution in [0.2, 0.25) is 5.02 Å². The summed E-state index contributed by atoms with van der Waals surface area (Å²) in [6, 6.07) is 7.05. The van der Waals surface area contributed by atoms with E-state index in [1.807, 2.05) is 6.07 Å². The van der Waals surface area contributed by atoms with Crippen LogP contribution in [0, 0.1) is 24.2 Å². The van der Waals surface area contributed by atoms with Crippen molar-refractivity contribution in [2.75, 3.05) is 0 Å². The summed E-state index contributed by atoms with van der Waals surface area (Å²) in [7, 11) is 0. The summed E-state index contributed by atoms with van der Waals surface area (Å²) in [6.07, 6.45) is 0. The van der Waals surface area contributed by atoms with E-state index in [-0.39, 0.29) is 5.78 Å². The largest absolute Gasteiger partial charge is 0.293 e. The lowest BCUT2D eigenvalue weighted by molar-refractivity contribution is 0.0956. The predicted octanol–water partition coefficient (Wildman–Crippen LogP) is 2.99. The molecule has 0 aliphatic heterocycles. The van der Waals surface area contributed by atoms with Crippen molar-refractivity contribution in [1.82, 2.24) is 0 Å². The molecule has 0 aromatic heterocycles. The van der Waals surface area contributed by atoms with Crippen molar-refractivity contribution >= 4 is 17.4 Å². The molecule has 0 amide bonds. The summed E-state index contributed by atoms with van der Waals surface area (Å²) in [5.74, 6) is -0.792. The number of carbonyl (C=O) groups is 1. The number of ketones is 1. The van der Waals surface area contributed by atoms with Gasteiger partial charge in [-0.1, -0.05) is 23.7 Å². The van der Waals surface area contributed by atoms with Crippen LogP contribution in [0.1, 0.15) is 22.8 Å². The van der Waals surface area contributed by atoms with Crippen molar-refractivity contribution in [3.8, 4) is 6.07 Å². The number of Topliss-reactive ketones (excluding diaryl/α,β-unsaturated/α-hetero) is 1. The zero-order valence-electron chi connectivity index (χ0n) is 8.04. The minimum Gasteiger partial charge on any atom is -0.293 e. The van der Waals surface area contributed by atoms with Gasteiger partial charge in [0.2, 0.25) is 0 Å². The van der Waals surface area contributed by atoms with E-state index in [0.29, 0.717) is 10.6 Å². The average molecular weight is 208 g/mol. The molecule has 0 spiro atoms. The SMILES string of the molecule is Cc1c(Cl)cccc1C(=O)C(C)C#N. The van der Waals surface area contributed by atoms with E-state index in [1.165, 1.54) is 0 Å². The van der Waals surface area contributed by atoms with E-state index in [9.17, 15) is 4.79 Å². The van der Waals surface area contributed by atoms with Gasteiger partial charge >= 0.3 is 0 Å². The molecule has 14 heavy (non-hydrogen) atoms. The first-order valence-electron chi connectivity index (χ1n) is 4.27. The van der Waals surface area contributed by atoms with Crippen molar-refractivity contribution in [2.24, 2.45) is 5.92 Å². The second kappa shape index (κ2) is 4.26. The highest BCUT2D eigenvalue weighted by atomic mass is 35.5. The topological polar surface area (TPSA) is 40.9 Å². The Balaban J connectivity index is 3.15. The highest BCUT2D eigenvalue weighted by Gasteiger charge is 2.17. The van der Waals surface area contributed by atoms with Crippen LogP contribution in [-0.2, 0) is 0 Å². The van der Waals surface area contributed by atoms with Crippen LogP contribution < -0.4 is 0 Å². The molecule has 2 nitrogen and oxygen atoms in total. The summed E-state index contributed by atoms with van der Waals surface area (Å²) in [4.78, 5) is 11.7. The van der Waals surface area contributed by atoms with Gasteiger partial charge in [-0.25, -0.2) is 0 Å². The molecule has 1 aromatic rings. The Bertz CT molecular complexity index is 406. The second-order valence-electron chi connectivity index (χ2n) is 3.13. The normalized spacial score (nSPS) is 11.9. The number of carbonyl (C=O) groups excluding carboxylic acids is 1. The third kappa shape index (κ3) is 1.94. The fourth-order valence-corrected chi connectivity index (χ4v) is 1.34. The first-order chi connectivity index (χ1) is 6.57. The average Bonchev–Trinajstić information content (AvgIpc) is 2.20. The Morgan fingerprint density at radius 2 is 2.21 bits per heavy atom. The lowest BCUT2D eigenvalue weighted by Crippen LogP contribution is -2.10. The molecule has 0 radical (unpaired) electrons. The van der Waals surface area contributed by atoms with Gasteiger partial charge in [-0.2, -0.15) is 5.26 Å². The van der Waals surface area contributed by atoms with Crippen LogP contribution in [0.15, 0.2) is 18.2 Å². The fraction of sp³-hybridized carbons (Fsp3) is 0.273. The molecule has 0 fully saturated rings. The summed E-state index contributed by atoms with van der Waals surface area (Å²) in [6.45, 7) is 3.36. The van der Waals surface area contributed by atoms with Gasteiger partial charge in [-0.15, -0.1) is 0 Å². The quantitative estimate of drug-likeness (QED) is 0.700.